The Morgan fingerprint density at radius 2 is 2.14 bits per heavy atom. The highest BCUT2D eigenvalue weighted by Gasteiger charge is 2.29. The third-order valence-electron chi connectivity index (χ3n) is 5.29. The quantitative estimate of drug-likeness (QED) is 0.672. The number of likely N-dealkylation sites (tertiary alicyclic amines) is 1. The largest absolute Gasteiger partial charge is 0.356 e. The highest BCUT2D eigenvalue weighted by molar-refractivity contribution is 5.79. The van der Waals surface area contributed by atoms with E-state index in [-0.39, 0.29) is 24.1 Å². The van der Waals surface area contributed by atoms with E-state index in [0.29, 0.717) is 30.2 Å². The summed E-state index contributed by atoms with van der Waals surface area (Å²) in [5, 5.41) is 3.97. The molecular formula is C22H23FN4O2. The standard InChI is InChI=1S/C22H23FN4O2/c1-14-10-20(29-26-14)18-12-24-15(2)25-22(18)17-7-5-9-27(13-17)21(28)11-16-6-3-4-8-19(16)23/h3-4,6,8,10,12,17H,5,7,9,11,13H2,1-2H3. The lowest BCUT2D eigenvalue weighted by Gasteiger charge is -2.33. The van der Waals surface area contributed by atoms with E-state index < -0.39 is 0 Å². The SMILES string of the molecule is Cc1cc(-c2cnc(C)nc2C2CCCN(C(=O)Cc3ccccc3F)C2)on1. The maximum Gasteiger partial charge on any atom is 0.227 e. The van der Waals surface area contributed by atoms with Gasteiger partial charge in [-0.05, 0) is 38.3 Å². The van der Waals surface area contributed by atoms with Crippen LogP contribution >= 0.6 is 0 Å². The smallest absolute Gasteiger partial charge is 0.227 e. The van der Waals surface area contributed by atoms with E-state index >= 15 is 0 Å². The van der Waals surface area contributed by atoms with Crippen molar-refractivity contribution in [1.82, 2.24) is 20.0 Å². The molecule has 1 saturated heterocycles. The minimum atomic E-state index is -0.344. The van der Waals surface area contributed by atoms with Crippen LogP contribution in [-0.4, -0.2) is 39.0 Å². The third kappa shape index (κ3) is 4.18. The van der Waals surface area contributed by atoms with Gasteiger partial charge in [0.1, 0.15) is 11.6 Å². The van der Waals surface area contributed by atoms with Gasteiger partial charge in [0.05, 0.1) is 23.4 Å². The van der Waals surface area contributed by atoms with E-state index in [2.05, 4.69) is 15.1 Å². The number of rotatable bonds is 4. The maximum absolute atomic E-state index is 13.9. The van der Waals surface area contributed by atoms with E-state index in [1.54, 1.807) is 24.4 Å². The number of carbonyl (C=O) groups excluding carboxylic acids is 1. The van der Waals surface area contributed by atoms with Crippen LogP contribution in [0.2, 0.25) is 0 Å². The molecule has 1 aliphatic rings. The summed E-state index contributed by atoms with van der Waals surface area (Å²) >= 11 is 0. The second-order valence-corrected chi connectivity index (χ2v) is 7.50. The zero-order valence-corrected chi connectivity index (χ0v) is 16.6. The van der Waals surface area contributed by atoms with Gasteiger partial charge in [0.2, 0.25) is 5.91 Å². The number of hydrogen-bond acceptors (Lipinski definition) is 5. The fraction of sp³-hybridized carbons (Fsp3) is 0.364. The molecule has 3 aromatic rings. The Morgan fingerprint density at radius 1 is 1.31 bits per heavy atom. The van der Waals surface area contributed by atoms with Crippen molar-refractivity contribution in [3.05, 3.63) is 65.1 Å². The minimum absolute atomic E-state index is 0.0652. The zero-order chi connectivity index (χ0) is 20.4. The van der Waals surface area contributed by atoms with Crippen molar-refractivity contribution in [1.29, 1.82) is 0 Å². The van der Waals surface area contributed by atoms with Gasteiger partial charge in [-0.3, -0.25) is 4.79 Å². The Morgan fingerprint density at radius 3 is 2.90 bits per heavy atom. The maximum atomic E-state index is 13.9. The average molecular weight is 394 g/mol. The highest BCUT2D eigenvalue weighted by atomic mass is 19.1. The van der Waals surface area contributed by atoms with E-state index in [4.69, 9.17) is 4.52 Å². The molecule has 1 aromatic carbocycles. The molecule has 29 heavy (non-hydrogen) atoms. The summed E-state index contributed by atoms with van der Waals surface area (Å²) in [7, 11) is 0. The molecule has 150 valence electrons. The molecule has 7 heteroatoms. The van der Waals surface area contributed by atoms with Gasteiger partial charge in [0.25, 0.3) is 0 Å². The lowest BCUT2D eigenvalue weighted by molar-refractivity contribution is -0.131. The number of hydrogen-bond donors (Lipinski definition) is 0. The van der Waals surface area contributed by atoms with Crippen molar-refractivity contribution in [3.8, 4) is 11.3 Å². The van der Waals surface area contributed by atoms with Crippen LogP contribution in [0.1, 0.15) is 41.5 Å². The topological polar surface area (TPSA) is 72.1 Å². The van der Waals surface area contributed by atoms with Gasteiger partial charge >= 0.3 is 0 Å². The second-order valence-electron chi connectivity index (χ2n) is 7.50. The van der Waals surface area contributed by atoms with Crippen LogP contribution in [0.25, 0.3) is 11.3 Å². The van der Waals surface area contributed by atoms with Crippen LogP contribution in [0, 0.1) is 19.7 Å². The molecule has 0 radical (unpaired) electrons. The van der Waals surface area contributed by atoms with E-state index in [9.17, 15) is 9.18 Å². The molecule has 2 aromatic heterocycles. The van der Waals surface area contributed by atoms with E-state index in [1.165, 1.54) is 6.07 Å². The minimum Gasteiger partial charge on any atom is -0.356 e. The lowest BCUT2D eigenvalue weighted by Crippen LogP contribution is -2.40. The molecule has 0 aliphatic carbocycles. The first-order valence-electron chi connectivity index (χ1n) is 9.79. The summed E-state index contributed by atoms with van der Waals surface area (Å²) in [5.41, 5.74) is 2.90. The van der Waals surface area contributed by atoms with Gasteiger partial charge in [0.15, 0.2) is 5.76 Å². The lowest BCUT2D eigenvalue weighted by atomic mass is 9.91. The van der Waals surface area contributed by atoms with Gasteiger partial charge < -0.3 is 9.42 Å². The fourth-order valence-corrected chi connectivity index (χ4v) is 3.82. The number of carbonyl (C=O) groups is 1. The zero-order valence-electron chi connectivity index (χ0n) is 16.6. The van der Waals surface area contributed by atoms with Gasteiger partial charge in [-0.25, -0.2) is 14.4 Å². The van der Waals surface area contributed by atoms with E-state index in [1.807, 2.05) is 24.8 Å². The first-order valence-corrected chi connectivity index (χ1v) is 9.79. The van der Waals surface area contributed by atoms with Crippen molar-refractivity contribution in [2.75, 3.05) is 13.1 Å². The predicted octanol–water partition coefficient (Wildman–Crippen LogP) is 3.84. The van der Waals surface area contributed by atoms with Crippen molar-refractivity contribution in [2.24, 2.45) is 0 Å². The van der Waals surface area contributed by atoms with Gasteiger partial charge in [-0.15, -0.1) is 0 Å². The average Bonchev–Trinajstić information content (AvgIpc) is 3.16. The molecule has 3 heterocycles. The summed E-state index contributed by atoms with van der Waals surface area (Å²) < 4.78 is 19.4. The van der Waals surface area contributed by atoms with Crippen LogP contribution in [0.15, 0.2) is 41.1 Å². The molecule has 1 unspecified atom stereocenters. The van der Waals surface area contributed by atoms with Crippen LogP contribution in [0.3, 0.4) is 0 Å². The molecule has 0 N–H and O–H groups in total. The predicted molar refractivity (Wildman–Crippen MR) is 106 cm³/mol. The second kappa shape index (κ2) is 8.11. The van der Waals surface area contributed by atoms with Crippen molar-refractivity contribution in [3.63, 3.8) is 0 Å². The fourth-order valence-electron chi connectivity index (χ4n) is 3.82. The van der Waals surface area contributed by atoms with Crippen molar-refractivity contribution >= 4 is 5.91 Å². The molecule has 1 atom stereocenters. The first kappa shape index (κ1) is 19.2. The number of nitrogens with zero attached hydrogens (tertiary/aromatic N) is 4. The molecule has 0 spiro atoms. The van der Waals surface area contributed by atoms with Crippen LogP contribution < -0.4 is 0 Å². The number of amides is 1. The normalized spacial score (nSPS) is 16.8. The summed E-state index contributed by atoms with van der Waals surface area (Å²) in [6, 6.07) is 8.29. The Labute approximate surface area is 168 Å². The van der Waals surface area contributed by atoms with Gasteiger partial charge in [-0.2, -0.15) is 0 Å². The van der Waals surface area contributed by atoms with Crippen molar-refractivity contribution < 1.29 is 13.7 Å². The Bertz CT molecular complexity index is 1030. The number of halogens is 1. The van der Waals surface area contributed by atoms with Crippen LogP contribution in [-0.2, 0) is 11.2 Å². The highest BCUT2D eigenvalue weighted by Crippen LogP contribution is 2.33. The summed E-state index contributed by atoms with van der Waals surface area (Å²) in [6.07, 6.45) is 3.61. The van der Waals surface area contributed by atoms with Crippen LogP contribution in [0.4, 0.5) is 4.39 Å². The monoisotopic (exact) mass is 394 g/mol. The summed E-state index contributed by atoms with van der Waals surface area (Å²) in [5.74, 6) is 0.962. The molecule has 0 saturated carbocycles. The summed E-state index contributed by atoms with van der Waals surface area (Å²) in [4.78, 5) is 23.6. The Hall–Kier alpha value is -3.09. The third-order valence-corrected chi connectivity index (χ3v) is 5.29. The molecule has 6 nitrogen and oxygen atoms in total. The molecular weight excluding hydrogens is 371 g/mol. The number of benzene rings is 1. The summed E-state index contributed by atoms with van der Waals surface area (Å²) in [6.45, 7) is 4.93. The van der Waals surface area contributed by atoms with E-state index in [0.717, 1.165) is 29.8 Å². The molecule has 0 bridgehead atoms. The Kier molecular flexibility index (Phi) is 5.38. The van der Waals surface area contributed by atoms with Crippen LogP contribution in [0.5, 0.6) is 0 Å². The van der Waals surface area contributed by atoms with Gasteiger partial charge in [-0.1, -0.05) is 23.4 Å². The van der Waals surface area contributed by atoms with Crippen molar-refractivity contribution in [2.45, 2.75) is 39.0 Å². The Balaban J connectivity index is 1.56. The molecule has 4 rings (SSSR count). The molecule has 1 aliphatic heterocycles. The molecule has 1 fully saturated rings. The number of aromatic nitrogens is 3. The number of piperidine rings is 1. The van der Waals surface area contributed by atoms with Gasteiger partial charge in [0, 0.05) is 31.3 Å². The molecule has 1 amide bonds. The number of aryl methyl sites for hydroxylation is 2. The first-order chi connectivity index (χ1) is 14.0.